The fourth-order valence-electron chi connectivity index (χ4n) is 2.46. The minimum absolute atomic E-state index is 0.111. The standard InChI is InChI=1S/C19H27N3O3S/c1-13(2)22-18(25)15(16(23)14-7-12-26-19(14)22)17(24)20-8-6-11-21-9-4-3-5-10-21/h7,12-13,23H,3-6,8-11H2,1-2H3,(H,20,24)/i3D2,4D2,5D2,7D,8D,9D2,10D2,12D. The van der Waals surface area contributed by atoms with Crippen molar-refractivity contribution in [3.63, 3.8) is 0 Å². The molecule has 0 aromatic carbocycles. The Kier molecular flexibility index (Phi) is 2.67. The van der Waals surface area contributed by atoms with E-state index < -0.39 is 86.5 Å². The Balaban J connectivity index is 1.93. The Labute approximate surface area is 175 Å². The van der Waals surface area contributed by atoms with Crippen molar-refractivity contribution in [1.82, 2.24) is 14.8 Å². The number of aromatic hydroxyl groups is 1. The highest BCUT2D eigenvalue weighted by Crippen LogP contribution is 2.31. The first-order valence-electron chi connectivity index (χ1n) is 14.4. The van der Waals surface area contributed by atoms with Gasteiger partial charge in [-0.05, 0) is 64.0 Å². The van der Waals surface area contributed by atoms with E-state index in [0.717, 1.165) is 15.9 Å². The van der Waals surface area contributed by atoms with E-state index in [9.17, 15) is 14.7 Å². The number of hydrogen-bond acceptors (Lipinski definition) is 5. The molecular formula is C19H27N3O3S. The summed E-state index contributed by atoms with van der Waals surface area (Å²) in [4.78, 5) is 26.3. The number of rotatable bonds is 6. The lowest BCUT2D eigenvalue weighted by molar-refractivity contribution is 0.0946. The van der Waals surface area contributed by atoms with Crippen molar-refractivity contribution >= 4 is 27.5 Å². The maximum atomic E-state index is 13.1. The van der Waals surface area contributed by atoms with Gasteiger partial charge in [-0.25, -0.2) is 0 Å². The molecule has 3 rings (SSSR count). The average molecular weight is 391 g/mol. The van der Waals surface area contributed by atoms with Crippen molar-refractivity contribution in [3.05, 3.63) is 27.3 Å². The van der Waals surface area contributed by atoms with E-state index in [1.54, 1.807) is 13.8 Å². The van der Waals surface area contributed by atoms with Gasteiger partial charge in [-0.3, -0.25) is 14.2 Å². The number of thiophene rings is 1. The van der Waals surface area contributed by atoms with Gasteiger partial charge in [0.1, 0.15) is 16.1 Å². The van der Waals surface area contributed by atoms with Crippen molar-refractivity contribution in [2.75, 3.05) is 26.1 Å². The van der Waals surface area contributed by atoms with Crippen molar-refractivity contribution in [1.29, 1.82) is 0 Å². The third kappa shape index (κ3) is 3.78. The topological polar surface area (TPSA) is 74.6 Å². The molecule has 26 heavy (non-hydrogen) atoms. The Morgan fingerprint density at radius 2 is 2.19 bits per heavy atom. The van der Waals surface area contributed by atoms with Gasteiger partial charge in [-0.1, -0.05) is 6.37 Å². The largest absolute Gasteiger partial charge is 0.506 e. The van der Waals surface area contributed by atoms with E-state index in [0.29, 0.717) is 0 Å². The van der Waals surface area contributed by atoms with Gasteiger partial charge in [0.05, 0.1) is 8.13 Å². The molecule has 1 amide bonds. The highest BCUT2D eigenvalue weighted by molar-refractivity contribution is 7.16. The number of nitrogens with zero attached hydrogens (tertiary/aromatic N) is 2. The molecule has 0 spiro atoms. The smallest absolute Gasteiger partial charge is 0.268 e. The van der Waals surface area contributed by atoms with E-state index in [1.807, 2.05) is 0 Å². The van der Waals surface area contributed by atoms with Gasteiger partial charge in [0.15, 0.2) is 0 Å². The van der Waals surface area contributed by atoms with Gasteiger partial charge >= 0.3 is 0 Å². The van der Waals surface area contributed by atoms with Crippen LogP contribution < -0.4 is 10.9 Å². The zero-order valence-electron chi connectivity index (χ0n) is 27.1. The Bertz CT molecular complexity index is 1340. The predicted molar refractivity (Wildman–Crippen MR) is 105 cm³/mol. The van der Waals surface area contributed by atoms with Gasteiger partial charge in [-0.2, -0.15) is 0 Å². The van der Waals surface area contributed by atoms with Crippen LogP contribution in [0, 0.1) is 0 Å². The van der Waals surface area contributed by atoms with Gasteiger partial charge in [0, 0.05) is 27.6 Å². The number of hydrogen-bond donors (Lipinski definition) is 2. The normalized spacial score (nSPS) is 33.9. The minimum atomic E-state index is -3.58. The fraction of sp³-hybridized carbons (Fsp3) is 0.579. The summed E-state index contributed by atoms with van der Waals surface area (Å²) >= 11 is 0.768. The second kappa shape index (κ2) is 8.22. The quantitative estimate of drug-likeness (QED) is 0.795. The van der Waals surface area contributed by atoms with Crippen LogP contribution in [0.4, 0.5) is 0 Å². The second-order valence-corrected chi connectivity index (χ2v) is 6.51. The molecule has 7 heteroatoms. The van der Waals surface area contributed by atoms with Gasteiger partial charge in [0.2, 0.25) is 0 Å². The molecule has 0 radical (unpaired) electrons. The lowest BCUT2D eigenvalue weighted by atomic mass is 10.1. The summed E-state index contributed by atoms with van der Waals surface area (Å²) < 4.78 is 105. The summed E-state index contributed by atoms with van der Waals surface area (Å²) in [7, 11) is 0. The molecule has 1 unspecified atom stereocenters. The highest BCUT2D eigenvalue weighted by Gasteiger charge is 2.23. The zero-order valence-corrected chi connectivity index (χ0v) is 15.0. The van der Waals surface area contributed by atoms with E-state index in [-0.39, 0.29) is 20.5 Å². The van der Waals surface area contributed by atoms with E-state index in [2.05, 4.69) is 5.32 Å². The Morgan fingerprint density at radius 1 is 1.46 bits per heavy atom. The maximum Gasteiger partial charge on any atom is 0.268 e. The number of aromatic nitrogens is 1. The van der Waals surface area contributed by atoms with Gasteiger partial charge in [0.25, 0.3) is 11.5 Å². The summed E-state index contributed by atoms with van der Waals surface area (Å²) in [5, 5.41) is 12.3. The third-order valence-corrected chi connectivity index (χ3v) is 4.44. The molecular weight excluding hydrogens is 350 g/mol. The first-order chi connectivity index (χ1) is 17.5. The van der Waals surface area contributed by atoms with Crippen LogP contribution in [-0.4, -0.2) is 46.5 Å². The number of amides is 1. The van der Waals surface area contributed by atoms with Crippen molar-refractivity contribution in [2.24, 2.45) is 0 Å². The Morgan fingerprint density at radius 3 is 2.88 bits per heavy atom. The molecule has 3 heterocycles. The molecule has 0 saturated carbocycles. The summed E-state index contributed by atoms with van der Waals surface area (Å²) in [6, 6.07) is -0.942. The summed E-state index contributed by atoms with van der Waals surface area (Å²) in [6.45, 7) is -6.05. The van der Waals surface area contributed by atoms with E-state index in [4.69, 9.17) is 17.8 Å². The van der Waals surface area contributed by atoms with Crippen LogP contribution in [0.15, 0.2) is 16.2 Å². The molecule has 2 aromatic rings. The van der Waals surface area contributed by atoms with Crippen LogP contribution in [0.25, 0.3) is 10.2 Å². The lowest BCUT2D eigenvalue weighted by Crippen LogP contribution is -2.36. The van der Waals surface area contributed by atoms with Crippen LogP contribution in [-0.2, 0) is 0 Å². The Hall–Kier alpha value is -1.86. The molecule has 1 saturated heterocycles. The number of piperidine rings is 1. The van der Waals surface area contributed by atoms with E-state index in [1.165, 1.54) is 0 Å². The first kappa shape index (κ1) is 8.44. The van der Waals surface area contributed by atoms with Crippen molar-refractivity contribution < 1.29 is 27.7 Å². The van der Waals surface area contributed by atoms with Crippen molar-refractivity contribution in [3.8, 4) is 5.75 Å². The van der Waals surface area contributed by atoms with Gasteiger partial charge in [-0.15, -0.1) is 11.3 Å². The van der Waals surface area contributed by atoms with Crippen molar-refractivity contribution in [2.45, 2.75) is 45.4 Å². The number of carbonyl (C=O) groups is 1. The molecule has 1 atom stereocenters. The monoisotopic (exact) mass is 390 g/mol. The van der Waals surface area contributed by atoms with Crippen LogP contribution in [0.1, 0.15) is 73.6 Å². The predicted octanol–water partition coefficient (Wildman–Crippen LogP) is 2.96. The SMILES string of the molecule is [2H]c1sc2c(c1[2H])c(O)c(C(=O)NC([2H])CCN1C([2H])([2H])C([2H])([2H])C([2H])([2H])C([2H])([2H])C1([2H])[2H])c(=O)n2C(C)C. The molecule has 6 nitrogen and oxygen atoms in total. The van der Waals surface area contributed by atoms with Gasteiger partial charge < -0.3 is 15.3 Å². The summed E-state index contributed by atoms with van der Waals surface area (Å²) in [5.74, 6) is -2.10. The number of nitrogens with one attached hydrogen (secondary N) is 1. The highest BCUT2D eigenvalue weighted by atomic mass is 32.1. The second-order valence-electron chi connectivity index (χ2n) is 5.72. The van der Waals surface area contributed by atoms with Crippen LogP contribution in [0.3, 0.4) is 0 Å². The summed E-state index contributed by atoms with van der Waals surface area (Å²) in [6.07, 6.45) is -11.2. The number of fused-ring (bicyclic) bond motifs is 1. The molecule has 1 aliphatic heterocycles. The molecule has 1 aliphatic rings. The molecule has 142 valence electrons. The molecule has 2 N–H and O–H groups in total. The first-order valence-corrected chi connectivity index (χ1v) is 8.68. The lowest BCUT2D eigenvalue weighted by Gasteiger charge is -2.26. The molecule has 0 aliphatic carbocycles. The summed E-state index contributed by atoms with van der Waals surface area (Å²) in [5.41, 5.74) is -1.75. The van der Waals surface area contributed by atoms with Crippen LogP contribution in [0.5, 0.6) is 5.75 Å². The molecule has 0 bridgehead atoms. The molecule has 2 aromatic heterocycles. The third-order valence-electron chi connectivity index (χ3n) is 3.64. The average Bonchev–Trinajstić information content (AvgIpc) is 3.05. The van der Waals surface area contributed by atoms with Crippen LogP contribution in [0.2, 0.25) is 0 Å². The maximum absolute atomic E-state index is 13.1. The number of likely N-dealkylation sites (tertiary alicyclic amines) is 1. The zero-order chi connectivity index (χ0) is 30.3. The van der Waals surface area contributed by atoms with Crippen LogP contribution >= 0.6 is 11.3 Å². The molecule has 1 fully saturated rings. The van der Waals surface area contributed by atoms with E-state index >= 15 is 0 Å². The fourth-order valence-corrected chi connectivity index (χ4v) is 3.36. The number of carbonyl (C=O) groups excluding carboxylic acids is 1. The number of pyridine rings is 1. The minimum Gasteiger partial charge on any atom is -0.506 e.